The van der Waals surface area contributed by atoms with Gasteiger partial charge in [-0.3, -0.25) is 4.79 Å². The molecule has 7 heteroatoms. The minimum atomic E-state index is -0.0328. The highest BCUT2D eigenvalue weighted by Crippen LogP contribution is 2.38. The third kappa shape index (κ3) is 4.11. The maximum Gasteiger partial charge on any atom is 0.231 e. The van der Waals surface area contributed by atoms with Crippen molar-refractivity contribution >= 4 is 41.5 Å². The lowest BCUT2D eigenvalue weighted by atomic mass is 10.2. The van der Waals surface area contributed by atoms with Crippen LogP contribution in [-0.2, 0) is 4.79 Å². The third-order valence-electron chi connectivity index (χ3n) is 2.57. The molecule has 1 aromatic rings. The van der Waals surface area contributed by atoms with Gasteiger partial charge in [0.05, 0.1) is 11.4 Å². The second kappa shape index (κ2) is 7.35. The molecule has 0 saturated heterocycles. The van der Waals surface area contributed by atoms with Crippen LogP contribution in [0.2, 0.25) is 0 Å². The molecule has 1 aromatic carbocycles. The number of carbonyl (C=O) groups is 1. The fourth-order valence-electron chi connectivity index (χ4n) is 1.66. The van der Waals surface area contributed by atoms with Crippen LogP contribution in [0.3, 0.4) is 0 Å². The predicted molar refractivity (Wildman–Crippen MR) is 80.5 cm³/mol. The number of halogens is 1. The van der Waals surface area contributed by atoms with Crippen molar-refractivity contribution in [2.75, 3.05) is 29.9 Å². The number of amides is 1. The van der Waals surface area contributed by atoms with Crippen LogP contribution in [0.4, 0.5) is 11.4 Å². The van der Waals surface area contributed by atoms with Gasteiger partial charge in [0.1, 0.15) is 0 Å². The molecule has 1 aliphatic heterocycles. The zero-order valence-electron chi connectivity index (χ0n) is 10.6. The van der Waals surface area contributed by atoms with Gasteiger partial charge >= 0.3 is 0 Å². The Hall–Kier alpha value is -1.27. The monoisotopic (exact) mass is 304 g/mol. The highest BCUT2D eigenvalue weighted by Gasteiger charge is 2.17. The Morgan fingerprint density at radius 1 is 1.42 bits per heavy atom. The summed E-state index contributed by atoms with van der Waals surface area (Å²) in [5.74, 6) is 2.18. The molecule has 5 nitrogen and oxygen atoms in total. The summed E-state index contributed by atoms with van der Waals surface area (Å²) in [4.78, 5) is 11.7. The molecule has 0 spiro atoms. The summed E-state index contributed by atoms with van der Waals surface area (Å²) in [6.07, 6.45) is 3.37. The van der Waals surface area contributed by atoms with Crippen LogP contribution in [-0.4, -0.2) is 24.7 Å². The zero-order chi connectivity index (χ0) is 13.0. The van der Waals surface area contributed by atoms with Crippen molar-refractivity contribution in [3.8, 4) is 11.5 Å². The Bertz CT molecular complexity index is 457. The first-order chi connectivity index (χ1) is 8.70. The number of nitrogen functional groups attached to an aromatic ring is 1. The van der Waals surface area contributed by atoms with Gasteiger partial charge in [-0.25, -0.2) is 0 Å². The number of carbonyl (C=O) groups excluding carboxylic acids is 1. The van der Waals surface area contributed by atoms with E-state index in [4.69, 9.17) is 15.2 Å². The molecule has 0 aromatic heterocycles. The summed E-state index contributed by atoms with van der Waals surface area (Å²) in [6, 6.07) is 3.37. The van der Waals surface area contributed by atoms with E-state index in [9.17, 15) is 4.79 Å². The van der Waals surface area contributed by atoms with Crippen molar-refractivity contribution in [3.05, 3.63) is 12.1 Å². The van der Waals surface area contributed by atoms with Crippen LogP contribution in [0.15, 0.2) is 12.1 Å². The van der Waals surface area contributed by atoms with Gasteiger partial charge in [-0.1, -0.05) is 0 Å². The molecular weight excluding hydrogens is 288 g/mol. The summed E-state index contributed by atoms with van der Waals surface area (Å²) in [5, 5.41) is 2.79. The number of ether oxygens (including phenoxy) is 2. The molecule has 2 rings (SSSR count). The lowest BCUT2D eigenvalue weighted by Crippen LogP contribution is -2.12. The van der Waals surface area contributed by atoms with Crippen LogP contribution in [0, 0.1) is 0 Å². The first-order valence-corrected chi connectivity index (χ1v) is 7.08. The quantitative estimate of drug-likeness (QED) is 0.646. The molecule has 3 N–H and O–H groups in total. The Kier molecular flexibility index (Phi) is 6.11. The van der Waals surface area contributed by atoms with E-state index in [0.717, 1.165) is 12.2 Å². The molecule has 1 heterocycles. The standard InChI is InChI=1S/C12H16N2O3S.ClH/c1-18-4-2-3-12(15)14-9-6-11-10(5-8(9)13)16-7-17-11;/h5-6H,2-4,7,13H2,1H3,(H,14,15);1H. The number of nitrogens with one attached hydrogen (secondary N) is 1. The number of nitrogens with two attached hydrogens (primary N) is 1. The van der Waals surface area contributed by atoms with E-state index in [1.807, 2.05) is 6.26 Å². The van der Waals surface area contributed by atoms with Crippen LogP contribution in [0.1, 0.15) is 12.8 Å². The van der Waals surface area contributed by atoms with Gasteiger partial charge in [-0.2, -0.15) is 11.8 Å². The molecular formula is C12H17ClN2O3S. The SMILES string of the molecule is CSCCCC(=O)Nc1cc2c(cc1N)OCO2.Cl. The van der Waals surface area contributed by atoms with Gasteiger partial charge in [0.25, 0.3) is 0 Å². The van der Waals surface area contributed by atoms with E-state index < -0.39 is 0 Å². The van der Waals surface area contributed by atoms with Crippen molar-refractivity contribution in [1.82, 2.24) is 0 Å². The van der Waals surface area contributed by atoms with Crippen molar-refractivity contribution < 1.29 is 14.3 Å². The van der Waals surface area contributed by atoms with Gasteiger partial charge in [0.15, 0.2) is 11.5 Å². The van der Waals surface area contributed by atoms with E-state index in [1.165, 1.54) is 0 Å². The summed E-state index contributed by atoms with van der Waals surface area (Å²) in [5.41, 5.74) is 6.90. The molecule has 0 radical (unpaired) electrons. The Morgan fingerprint density at radius 3 is 2.79 bits per heavy atom. The molecule has 106 valence electrons. The second-order valence-electron chi connectivity index (χ2n) is 3.94. The normalized spacial score (nSPS) is 11.8. The fraction of sp³-hybridized carbons (Fsp3) is 0.417. The number of thioether (sulfide) groups is 1. The van der Waals surface area contributed by atoms with E-state index in [-0.39, 0.29) is 25.1 Å². The Morgan fingerprint density at radius 2 is 2.11 bits per heavy atom. The summed E-state index contributed by atoms with van der Waals surface area (Å²) < 4.78 is 10.4. The summed E-state index contributed by atoms with van der Waals surface area (Å²) in [7, 11) is 0. The van der Waals surface area contributed by atoms with E-state index in [1.54, 1.807) is 23.9 Å². The first-order valence-electron chi connectivity index (χ1n) is 5.68. The average molecular weight is 305 g/mol. The molecule has 19 heavy (non-hydrogen) atoms. The summed E-state index contributed by atoms with van der Waals surface area (Å²) >= 11 is 1.73. The van der Waals surface area contributed by atoms with Gasteiger partial charge < -0.3 is 20.5 Å². The van der Waals surface area contributed by atoms with E-state index in [0.29, 0.717) is 29.3 Å². The topological polar surface area (TPSA) is 73.6 Å². The molecule has 1 aliphatic rings. The fourth-order valence-corrected chi connectivity index (χ4v) is 2.09. The van der Waals surface area contributed by atoms with Crippen molar-refractivity contribution in [3.63, 3.8) is 0 Å². The number of rotatable bonds is 5. The van der Waals surface area contributed by atoms with Crippen molar-refractivity contribution in [1.29, 1.82) is 0 Å². The van der Waals surface area contributed by atoms with Crippen molar-refractivity contribution in [2.24, 2.45) is 0 Å². The maximum atomic E-state index is 11.7. The summed E-state index contributed by atoms with van der Waals surface area (Å²) in [6.45, 7) is 0.194. The largest absolute Gasteiger partial charge is 0.454 e. The first kappa shape index (κ1) is 15.8. The highest BCUT2D eigenvalue weighted by molar-refractivity contribution is 7.98. The van der Waals surface area contributed by atoms with Gasteiger partial charge in [0, 0.05) is 18.6 Å². The number of anilines is 2. The van der Waals surface area contributed by atoms with Crippen LogP contribution in [0.5, 0.6) is 11.5 Å². The number of fused-ring (bicyclic) bond motifs is 1. The van der Waals surface area contributed by atoms with Crippen LogP contribution < -0.4 is 20.5 Å². The third-order valence-corrected chi connectivity index (χ3v) is 3.27. The highest BCUT2D eigenvalue weighted by atomic mass is 35.5. The predicted octanol–water partition coefficient (Wildman–Crippen LogP) is 2.50. The molecule has 0 atom stereocenters. The molecule has 0 fully saturated rings. The smallest absolute Gasteiger partial charge is 0.231 e. The van der Waals surface area contributed by atoms with Gasteiger partial charge in [-0.05, 0) is 18.4 Å². The van der Waals surface area contributed by atoms with E-state index in [2.05, 4.69) is 5.32 Å². The molecule has 0 unspecified atom stereocenters. The van der Waals surface area contributed by atoms with Crippen LogP contribution in [0.25, 0.3) is 0 Å². The Balaban J connectivity index is 0.00000180. The molecule has 0 saturated carbocycles. The van der Waals surface area contributed by atoms with Gasteiger partial charge in [-0.15, -0.1) is 12.4 Å². The molecule has 0 bridgehead atoms. The van der Waals surface area contributed by atoms with Crippen LogP contribution >= 0.6 is 24.2 Å². The minimum absolute atomic E-state index is 0. The minimum Gasteiger partial charge on any atom is -0.454 e. The lowest BCUT2D eigenvalue weighted by Gasteiger charge is -2.09. The average Bonchev–Trinajstić information content (AvgIpc) is 2.77. The number of hydrogen-bond acceptors (Lipinski definition) is 5. The van der Waals surface area contributed by atoms with Crippen molar-refractivity contribution in [2.45, 2.75) is 12.8 Å². The molecule has 0 aliphatic carbocycles. The zero-order valence-corrected chi connectivity index (χ0v) is 12.2. The van der Waals surface area contributed by atoms with E-state index >= 15 is 0 Å². The van der Waals surface area contributed by atoms with Gasteiger partial charge in [0.2, 0.25) is 12.7 Å². The second-order valence-corrected chi connectivity index (χ2v) is 4.92. The lowest BCUT2D eigenvalue weighted by molar-refractivity contribution is -0.116. The number of hydrogen-bond donors (Lipinski definition) is 2. The Labute approximate surface area is 122 Å². The number of benzene rings is 1. The molecule has 1 amide bonds. The maximum absolute atomic E-state index is 11.7.